The molecule has 0 radical (unpaired) electrons. The van der Waals surface area contributed by atoms with Crippen molar-refractivity contribution in [1.29, 1.82) is 0 Å². The molecule has 0 aliphatic heterocycles. The zero-order valence-electron chi connectivity index (χ0n) is 12.2. The Balaban J connectivity index is 2.04. The molecule has 2 rings (SSSR count). The second-order valence-corrected chi connectivity index (χ2v) is 4.85. The summed E-state index contributed by atoms with van der Waals surface area (Å²) in [5, 5.41) is 13.3. The van der Waals surface area contributed by atoms with Crippen LogP contribution in [0.4, 0.5) is 11.5 Å². The summed E-state index contributed by atoms with van der Waals surface area (Å²) in [7, 11) is 0. The Hall–Kier alpha value is -3.02. The van der Waals surface area contributed by atoms with Crippen LogP contribution >= 0.6 is 0 Å². The fourth-order valence-corrected chi connectivity index (χ4v) is 1.83. The minimum atomic E-state index is -0.509. The van der Waals surface area contributed by atoms with E-state index in [4.69, 9.17) is 0 Å². The highest BCUT2D eigenvalue weighted by molar-refractivity contribution is 6.01. The van der Waals surface area contributed by atoms with Gasteiger partial charge in [0.2, 0.25) is 5.91 Å². The molecule has 0 saturated heterocycles. The summed E-state index contributed by atoms with van der Waals surface area (Å²) < 4.78 is 0. The molecule has 0 bridgehead atoms. The van der Waals surface area contributed by atoms with Crippen LogP contribution in [0.1, 0.15) is 16.7 Å². The molecule has 0 spiro atoms. The molecule has 1 heterocycles. The molecule has 2 aromatic rings. The van der Waals surface area contributed by atoms with Crippen molar-refractivity contribution in [2.75, 3.05) is 5.32 Å². The van der Waals surface area contributed by atoms with Crippen LogP contribution in [0.2, 0.25) is 0 Å². The van der Waals surface area contributed by atoms with E-state index in [-0.39, 0.29) is 17.4 Å². The molecule has 22 heavy (non-hydrogen) atoms. The monoisotopic (exact) mass is 297 g/mol. The summed E-state index contributed by atoms with van der Waals surface area (Å²) in [6, 6.07) is 9.20. The maximum Gasteiger partial charge on any atom is 0.290 e. The van der Waals surface area contributed by atoms with E-state index in [0.29, 0.717) is 5.56 Å². The molecule has 0 unspecified atom stereocenters. The topological polar surface area (TPSA) is 85.1 Å². The first-order chi connectivity index (χ1) is 10.5. The predicted octanol–water partition coefficient (Wildman–Crippen LogP) is 3.26. The van der Waals surface area contributed by atoms with E-state index in [0.717, 1.165) is 17.3 Å². The third-order valence-electron chi connectivity index (χ3n) is 3.04. The van der Waals surface area contributed by atoms with Gasteiger partial charge in [0, 0.05) is 11.6 Å². The van der Waals surface area contributed by atoms with Gasteiger partial charge in [-0.05, 0) is 31.6 Å². The summed E-state index contributed by atoms with van der Waals surface area (Å²) in [6.07, 6.45) is 4.21. The first kappa shape index (κ1) is 15.4. The molecule has 6 heteroatoms. The van der Waals surface area contributed by atoms with E-state index in [9.17, 15) is 14.9 Å². The van der Waals surface area contributed by atoms with Crippen LogP contribution in [-0.2, 0) is 4.79 Å². The highest BCUT2D eigenvalue weighted by atomic mass is 16.6. The molecule has 0 aliphatic carbocycles. The Morgan fingerprint density at radius 2 is 1.95 bits per heavy atom. The SMILES string of the molecule is Cc1ccc(/C=C/C(=O)Nc2cc(C)c([N+](=O)[O-])cn2)cc1. The minimum absolute atomic E-state index is 0.0757. The number of carbonyl (C=O) groups excluding carboxylic acids is 1. The van der Waals surface area contributed by atoms with Crippen molar-refractivity contribution in [2.24, 2.45) is 0 Å². The predicted molar refractivity (Wildman–Crippen MR) is 84.5 cm³/mol. The summed E-state index contributed by atoms with van der Waals surface area (Å²) in [5.41, 5.74) is 2.42. The molecule has 6 nitrogen and oxygen atoms in total. The number of nitrogens with one attached hydrogen (secondary N) is 1. The molecule has 1 aromatic heterocycles. The first-order valence-electron chi connectivity index (χ1n) is 6.62. The van der Waals surface area contributed by atoms with Gasteiger partial charge in [-0.15, -0.1) is 0 Å². The van der Waals surface area contributed by atoms with E-state index in [1.165, 1.54) is 12.1 Å². The molecule has 0 fully saturated rings. The van der Waals surface area contributed by atoms with Gasteiger partial charge in [-0.3, -0.25) is 14.9 Å². The summed E-state index contributed by atoms with van der Waals surface area (Å²) in [6.45, 7) is 3.58. The van der Waals surface area contributed by atoms with Crippen LogP contribution in [0.15, 0.2) is 42.6 Å². The molecule has 0 atom stereocenters. The van der Waals surface area contributed by atoms with E-state index in [1.54, 1.807) is 13.0 Å². The van der Waals surface area contributed by atoms with Crippen LogP contribution in [0.5, 0.6) is 0 Å². The van der Waals surface area contributed by atoms with Crippen molar-refractivity contribution in [2.45, 2.75) is 13.8 Å². The average Bonchev–Trinajstić information content (AvgIpc) is 2.46. The fraction of sp³-hybridized carbons (Fsp3) is 0.125. The lowest BCUT2D eigenvalue weighted by molar-refractivity contribution is -0.385. The molecular weight excluding hydrogens is 282 g/mol. The number of nitro groups is 1. The van der Waals surface area contributed by atoms with Gasteiger partial charge in [0.25, 0.3) is 5.69 Å². The number of anilines is 1. The van der Waals surface area contributed by atoms with Gasteiger partial charge < -0.3 is 5.32 Å². The third-order valence-corrected chi connectivity index (χ3v) is 3.04. The van der Waals surface area contributed by atoms with Crippen molar-refractivity contribution in [1.82, 2.24) is 4.98 Å². The Morgan fingerprint density at radius 1 is 1.27 bits per heavy atom. The van der Waals surface area contributed by atoms with E-state index >= 15 is 0 Å². The van der Waals surface area contributed by atoms with E-state index in [1.807, 2.05) is 31.2 Å². The second kappa shape index (κ2) is 6.62. The molecular formula is C16H15N3O3. The molecule has 1 N–H and O–H groups in total. The highest BCUT2D eigenvalue weighted by Gasteiger charge is 2.11. The van der Waals surface area contributed by atoms with Gasteiger partial charge in [0.1, 0.15) is 12.0 Å². The number of nitrogens with zero attached hydrogens (tertiary/aromatic N) is 2. The van der Waals surface area contributed by atoms with Crippen LogP contribution in [0.25, 0.3) is 6.08 Å². The minimum Gasteiger partial charge on any atom is -0.307 e. The molecule has 0 aliphatic rings. The van der Waals surface area contributed by atoms with Crippen molar-refractivity contribution in [3.63, 3.8) is 0 Å². The van der Waals surface area contributed by atoms with Gasteiger partial charge in [0.05, 0.1) is 4.92 Å². The normalized spacial score (nSPS) is 10.6. The van der Waals surface area contributed by atoms with Gasteiger partial charge in [-0.2, -0.15) is 0 Å². The first-order valence-corrected chi connectivity index (χ1v) is 6.62. The van der Waals surface area contributed by atoms with Crippen LogP contribution < -0.4 is 5.32 Å². The second-order valence-electron chi connectivity index (χ2n) is 4.85. The van der Waals surface area contributed by atoms with Crippen molar-refractivity contribution >= 4 is 23.5 Å². The highest BCUT2D eigenvalue weighted by Crippen LogP contribution is 2.18. The van der Waals surface area contributed by atoms with Crippen LogP contribution in [-0.4, -0.2) is 15.8 Å². The van der Waals surface area contributed by atoms with Crippen LogP contribution in [0.3, 0.4) is 0 Å². The van der Waals surface area contributed by atoms with Crippen LogP contribution in [0, 0.1) is 24.0 Å². The number of aromatic nitrogens is 1. The summed E-state index contributed by atoms with van der Waals surface area (Å²) >= 11 is 0. The summed E-state index contributed by atoms with van der Waals surface area (Å²) in [4.78, 5) is 25.9. The van der Waals surface area contributed by atoms with Crippen molar-refractivity contribution in [3.05, 3.63) is 69.4 Å². The molecule has 1 amide bonds. The third kappa shape index (κ3) is 3.99. The number of pyridine rings is 1. The number of amides is 1. The Bertz CT molecular complexity index is 737. The lowest BCUT2D eigenvalue weighted by Crippen LogP contribution is -2.09. The smallest absolute Gasteiger partial charge is 0.290 e. The largest absolute Gasteiger partial charge is 0.307 e. The maximum atomic E-state index is 11.8. The lowest BCUT2D eigenvalue weighted by atomic mass is 10.1. The average molecular weight is 297 g/mol. The number of hydrogen-bond acceptors (Lipinski definition) is 4. The van der Waals surface area contributed by atoms with Crippen molar-refractivity contribution in [3.8, 4) is 0 Å². The number of aryl methyl sites for hydroxylation is 2. The van der Waals surface area contributed by atoms with E-state index < -0.39 is 4.92 Å². The molecule has 0 saturated carbocycles. The standard InChI is InChI=1S/C16H15N3O3/c1-11-3-5-13(6-4-11)7-8-16(20)18-15-9-12(2)14(10-17-15)19(21)22/h3-10H,1-2H3,(H,17,18,20)/b8-7+. The Kier molecular flexibility index (Phi) is 4.63. The zero-order valence-corrected chi connectivity index (χ0v) is 12.2. The Labute approximate surface area is 127 Å². The fourth-order valence-electron chi connectivity index (χ4n) is 1.83. The number of benzene rings is 1. The maximum absolute atomic E-state index is 11.8. The molecule has 112 valence electrons. The Morgan fingerprint density at radius 3 is 2.55 bits per heavy atom. The van der Waals surface area contributed by atoms with Gasteiger partial charge in [0.15, 0.2) is 0 Å². The van der Waals surface area contributed by atoms with E-state index in [2.05, 4.69) is 10.3 Å². The lowest BCUT2D eigenvalue weighted by Gasteiger charge is -2.03. The number of hydrogen-bond donors (Lipinski definition) is 1. The van der Waals surface area contributed by atoms with Gasteiger partial charge >= 0.3 is 0 Å². The van der Waals surface area contributed by atoms with Crippen molar-refractivity contribution < 1.29 is 9.72 Å². The molecule has 1 aromatic carbocycles. The number of rotatable bonds is 4. The quantitative estimate of drug-likeness (QED) is 0.533. The zero-order chi connectivity index (χ0) is 16.1. The number of carbonyl (C=O) groups is 1. The van der Waals surface area contributed by atoms with Gasteiger partial charge in [-0.25, -0.2) is 4.98 Å². The summed E-state index contributed by atoms with van der Waals surface area (Å²) in [5.74, 6) is -0.0667. The van der Waals surface area contributed by atoms with Gasteiger partial charge in [-0.1, -0.05) is 29.8 Å².